The van der Waals surface area contributed by atoms with Gasteiger partial charge in [-0.1, -0.05) is 6.07 Å². The molecule has 0 aliphatic heterocycles. The Hall–Kier alpha value is -2.51. The number of nitrogens with one attached hydrogen (secondary N) is 1. The molecule has 1 heterocycles. The number of rotatable bonds is 6. The number of amides is 1. The highest BCUT2D eigenvalue weighted by molar-refractivity contribution is 5.94. The summed E-state index contributed by atoms with van der Waals surface area (Å²) in [5, 5.41) is 6.93. The van der Waals surface area contributed by atoms with Gasteiger partial charge in [-0.05, 0) is 38.1 Å². The molecule has 0 aliphatic rings. The summed E-state index contributed by atoms with van der Waals surface area (Å²) in [5.41, 5.74) is 1.07. The van der Waals surface area contributed by atoms with E-state index in [1.807, 2.05) is 13.8 Å². The first-order valence-corrected chi connectivity index (χ1v) is 7.42. The zero-order valence-corrected chi connectivity index (χ0v) is 13.3. The maximum atomic E-state index is 12.3. The Morgan fingerprint density at radius 1 is 1.38 bits per heavy atom. The van der Waals surface area contributed by atoms with Crippen LogP contribution in [0, 0.1) is 0 Å². The van der Waals surface area contributed by atoms with Crippen molar-refractivity contribution < 1.29 is 22.7 Å². The molecule has 0 radical (unpaired) electrons. The summed E-state index contributed by atoms with van der Waals surface area (Å²) in [4.78, 5) is 12.3. The van der Waals surface area contributed by atoms with Crippen LogP contribution in [0.1, 0.15) is 35.9 Å². The van der Waals surface area contributed by atoms with Gasteiger partial charge in [0.2, 0.25) is 0 Å². The quantitative estimate of drug-likeness (QED) is 0.877. The Bertz CT molecular complexity index is 698. The first-order valence-electron chi connectivity index (χ1n) is 7.42. The highest BCUT2D eigenvalue weighted by Crippen LogP contribution is 2.20. The molecule has 1 unspecified atom stereocenters. The monoisotopic (exact) mass is 341 g/mol. The van der Waals surface area contributed by atoms with E-state index >= 15 is 0 Å². The number of ether oxygens (including phenoxy) is 1. The van der Waals surface area contributed by atoms with Crippen LogP contribution >= 0.6 is 0 Å². The first-order chi connectivity index (χ1) is 11.3. The van der Waals surface area contributed by atoms with E-state index in [9.17, 15) is 18.0 Å². The second kappa shape index (κ2) is 7.37. The zero-order valence-electron chi connectivity index (χ0n) is 13.3. The van der Waals surface area contributed by atoms with Gasteiger partial charge in [0.05, 0.1) is 11.7 Å². The maximum absolute atomic E-state index is 12.3. The molecule has 5 nitrogen and oxygen atoms in total. The summed E-state index contributed by atoms with van der Waals surface area (Å²) in [6.45, 7) is 3.02. The third-order valence-electron chi connectivity index (χ3n) is 3.34. The van der Waals surface area contributed by atoms with Gasteiger partial charge in [-0.2, -0.15) is 18.3 Å². The second-order valence-electron chi connectivity index (χ2n) is 5.20. The lowest BCUT2D eigenvalue weighted by molar-refractivity contribution is -0.153. The zero-order chi connectivity index (χ0) is 17.7. The van der Waals surface area contributed by atoms with Crippen LogP contribution in [0.5, 0.6) is 5.75 Å². The van der Waals surface area contributed by atoms with Gasteiger partial charge in [-0.25, -0.2) is 0 Å². The fourth-order valence-electron chi connectivity index (χ4n) is 2.22. The summed E-state index contributed by atoms with van der Waals surface area (Å²) in [7, 11) is 0. The largest absolute Gasteiger partial charge is 0.484 e. The van der Waals surface area contributed by atoms with E-state index in [2.05, 4.69) is 15.2 Å². The number of alkyl halides is 3. The highest BCUT2D eigenvalue weighted by atomic mass is 19.4. The van der Waals surface area contributed by atoms with E-state index < -0.39 is 18.7 Å². The van der Waals surface area contributed by atoms with Crippen LogP contribution < -0.4 is 10.1 Å². The van der Waals surface area contributed by atoms with E-state index in [1.54, 1.807) is 16.9 Å². The molecule has 0 saturated carbocycles. The van der Waals surface area contributed by atoms with Crippen LogP contribution in [0.15, 0.2) is 36.5 Å². The minimum atomic E-state index is -4.43. The molecule has 1 aromatic heterocycles. The molecule has 8 heteroatoms. The van der Waals surface area contributed by atoms with Gasteiger partial charge in [-0.15, -0.1) is 0 Å². The number of aryl methyl sites for hydroxylation is 1. The Kier molecular flexibility index (Phi) is 5.48. The molecule has 0 saturated heterocycles. The number of carbonyl (C=O) groups excluding carboxylic acids is 1. The lowest BCUT2D eigenvalue weighted by atomic mass is 10.1. The van der Waals surface area contributed by atoms with Crippen molar-refractivity contribution in [2.24, 2.45) is 0 Å². The Morgan fingerprint density at radius 3 is 2.79 bits per heavy atom. The predicted molar refractivity (Wildman–Crippen MR) is 81.8 cm³/mol. The Morgan fingerprint density at radius 2 is 2.12 bits per heavy atom. The standard InChI is InChI=1S/C16H18F3N3O2/c1-3-22-14(7-8-20-22)11(2)21-15(23)12-5-4-6-13(9-12)24-10-16(17,18)19/h4-9,11H,3,10H2,1-2H3,(H,21,23). The molecule has 2 aromatic rings. The molecule has 0 bridgehead atoms. The minimum Gasteiger partial charge on any atom is -0.484 e. The number of nitrogens with zero attached hydrogens (tertiary/aromatic N) is 2. The maximum Gasteiger partial charge on any atom is 0.422 e. The summed E-state index contributed by atoms with van der Waals surface area (Å²) < 4.78 is 43.0. The molecule has 2 rings (SSSR count). The van der Waals surface area contributed by atoms with Crippen molar-refractivity contribution in [2.45, 2.75) is 32.6 Å². The van der Waals surface area contributed by atoms with Crippen molar-refractivity contribution in [1.29, 1.82) is 0 Å². The van der Waals surface area contributed by atoms with Gasteiger partial charge in [0.15, 0.2) is 6.61 Å². The van der Waals surface area contributed by atoms with E-state index in [-0.39, 0.29) is 17.4 Å². The van der Waals surface area contributed by atoms with Crippen LogP contribution in [0.4, 0.5) is 13.2 Å². The smallest absolute Gasteiger partial charge is 0.422 e. The van der Waals surface area contributed by atoms with Gasteiger partial charge in [-0.3, -0.25) is 9.48 Å². The molecular weight excluding hydrogens is 323 g/mol. The number of carbonyl (C=O) groups is 1. The molecule has 1 aromatic carbocycles. The van der Waals surface area contributed by atoms with Crippen molar-refractivity contribution in [3.63, 3.8) is 0 Å². The molecule has 0 spiro atoms. The third kappa shape index (κ3) is 4.74. The highest BCUT2D eigenvalue weighted by Gasteiger charge is 2.28. The van der Waals surface area contributed by atoms with Gasteiger partial charge >= 0.3 is 6.18 Å². The van der Waals surface area contributed by atoms with Gasteiger partial charge in [0.25, 0.3) is 5.91 Å². The molecule has 1 N–H and O–H groups in total. The van der Waals surface area contributed by atoms with E-state index in [1.165, 1.54) is 24.3 Å². The number of hydrogen-bond donors (Lipinski definition) is 1. The Balaban J connectivity index is 2.04. The normalized spacial score (nSPS) is 12.7. The van der Waals surface area contributed by atoms with Crippen LogP contribution in [-0.4, -0.2) is 28.5 Å². The molecule has 0 fully saturated rings. The van der Waals surface area contributed by atoms with Crippen molar-refractivity contribution in [2.75, 3.05) is 6.61 Å². The summed E-state index contributed by atoms with van der Waals surface area (Å²) >= 11 is 0. The summed E-state index contributed by atoms with van der Waals surface area (Å²) in [6.07, 6.45) is -2.78. The second-order valence-corrected chi connectivity index (χ2v) is 5.20. The summed E-state index contributed by atoms with van der Waals surface area (Å²) in [5.74, 6) is -0.407. The van der Waals surface area contributed by atoms with Crippen molar-refractivity contribution in [1.82, 2.24) is 15.1 Å². The number of aromatic nitrogens is 2. The topological polar surface area (TPSA) is 56.2 Å². The molecule has 1 amide bonds. The first kappa shape index (κ1) is 17.8. The fraction of sp³-hybridized carbons (Fsp3) is 0.375. The van der Waals surface area contributed by atoms with E-state index in [0.717, 1.165) is 5.69 Å². The van der Waals surface area contributed by atoms with Crippen LogP contribution in [0.2, 0.25) is 0 Å². The molecular formula is C16H18F3N3O2. The average Bonchev–Trinajstić information content (AvgIpc) is 3.01. The van der Waals surface area contributed by atoms with E-state index in [4.69, 9.17) is 0 Å². The fourth-order valence-corrected chi connectivity index (χ4v) is 2.22. The van der Waals surface area contributed by atoms with Crippen molar-refractivity contribution >= 4 is 5.91 Å². The van der Waals surface area contributed by atoms with Crippen molar-refractivity contribution in [3.8, 4) is 5.75 Å². The molecule has 130 valence electrons. The third-order valence-corrected chi connectivity index (χ3v) is 3.34. The SMILES string of the molecule is CCn1nccc1C(C)NC(=O)c1cccc(OCC(F)(F)F)c1. The average molecular weight is 341 g/mol. The number of halogens is 3. The van der Waals surface area contributed by atoms with Gasteiger partial charge < -0.3 is 10.1 Å². The van der Waals surface area contributed by atoms with Crippen LogP contribution in [0.3, 0.4) is 0 Å². The van der Waals surface area contributed by atoms with Gasteiger partial charge in [0, 0.05) is 18.3 Å². The lowest BCUT2D eigenvalue weighted by Crippen LogP contribution is -2.28. The van der Waals surface area contributed by atoms with Crippen molar-refractivity contribution in [3.05, 3.63) is 47.8 Å². The number of hydrogen-bond acceptors (Lipinski definition) is 3. The number of benzene rings is 1. The molecule has 0 aliphatic carbocycles. The van der Waals surface area contributed by atoms with E-state index in [0.29, 0.717) is 6.54 Å². The summed E-state index contributed by atoms with van der Waals surface area (Å²) in [6, 6.07) is 7.15. The Labute approximate surface area is 137 Å². The lowest BCUT2D eigenvalue weighted by Gasteiger charge is -2.16. The molecule has 24 heavy (non-hydrogen) atoms. The van der Waals surface area contributed by atoms with Crippen LogP contribution in [-0.2, 0) is 6.54 Å². The van der Waals surface area contributed by atoms with Crippen LogP contribution in [0.25, 0.3) is 0 Å². The minimum absolute atomic E-state index is 0.00812. The molecule has 1 atom stereocenters. The van der Waals surface area contributed by atoms with Gasteiger partial charge in [0.1, 0.15) is 5.75 Å². The predicted octanol–water partition coefficient (Wildman–Crippen LogP) is 3.34.